The van der Waals surface area contributed by atoms with Gasteiger partial charge in [0.05, 0.1) is 13.2 Å². The number of fused-ring (bicyclic) bond motifs is 1. The minimum Gasteiger partial charge on any atom is -0.379 e. The van der Waals surface area contributed by atoms with Gasteiger partial charge in [-0.05, 0) is 36.0 Å². The number of rotatable bonds is 6. The first-order valence-electron chi connectivity index (χ1n) is 10.3. The second kappa shape index (κ2) is 7.67. The van der Waals surface area contributed by atoms with Crippen molar-refractivity contribution in [3.05, 3.63) is 65.1 Å². The van der Waals surface area contributed by atoms with E-state index in [9.17, 15) is 13.2 Å². The summed E-state index contributed by atoms with van der Waals surface area (Å²) in [5.74, 6) is 1.23. The average Bonchev–Trinajstić information content (AvgIpc) is 3.27. The molecule has 1 aliphatic carbocycles. The summed E-state index contributed by atoms with van der Waals surface area (Å²) < 4.78 is 49.0. The van der Waals surface area contributed by atoms with Crippen molar-refractivity contribution in [2.45, 2.75) is 43.9 Å². The maximum absolute atomic E-state index is 14.0. The molecule has 2 atom stereocenters. The molecule has 0 spiro atoms. The summed E-state index contributed by atoms with van der Waals surface area (Å²) in [6.07, 6.45) is 0.0476. The highest BCUT2D eigenvalue weighted by molar-refractivity contribution is 5.53. The Bertz CT molecular complexity index is 1030. The van der Waals surface area contributed by atoms with Crippen LogP contribution in [0.25, 0.3) is 5.65 Å². The Morgan fingerprint density at radius 1 is 1.07 bits per heavy atom. The third kappa shape index (κ3) is 3.81. The lowest BCUT2D eigenvalue weighted by molar-refractivity contribution is -0.137. The van der Waals surface area contributed by atoms with E-state index in [0.29, 0.717) is 31.4 Å². The smallest absolute Gasteiger partial charge is 0.379 e. The van der Waals surface area contributed by atoms with Crippen LogP contribution < -0.4 is 5.32 Å². The van der Waals surface area contributed by atoms with Gasteiger partial charge in [0.25, 0.3) is 0 Å². The fourth-order valence-corrected chi connectivity index (χ4v) is 4.24. The monoisotopic (exact) mass is 416 g/mol. The highest BCUT2D eigenvalue weighted by Crippen LogP contribution is 2.37. The summed E-state index contributed by atoms with van der Waals surface area (Å²) in [6.45, 7) is 1.12. The van der Waals surface area contributed by atoms with Crippen LogP contribution in [0.1, 0.15) is 41.3 Å². The third-order valence-electron chi connectivity index (χ3n) is 6.05. The zero-order chi connectivity index (χ0) is 20.7. The Balaban J connectivity index is 1.41. The van der Waals surface area contributed by atoms with E-state index >= 15 is 0 Å². The summed E-state index contributed by atoms with van der Waals surface area (Å²) in [5.41, 5.74) is 0.488. The summed E-state index contributed by atoms with van der Waals surface area (Å²) in [5, 5.41) is 11.3. The summed E-state index contributed by atoms with van der Waals surface area (Å²) in [7, 11) is 0. The molecule has 1 saturated heterocycles. The summed E-state index contributed by atoms with van der Waals surface area (Å²) in [6, 6.07) is 11.4. The molecule has 2 fully saturated rings. The largest absolute Gasteiger partial charge is 0.420 e. The quantitative estimate of drug-likeness (QED) is 0.661. The van der Waals surface area contributed by atoms with Gasteiger partial charge in [0.15, 0.2) is 5.65 Å². The number of nitrogens with zero attached hydrogens (tertiary/aromatic N) is 3. The molecular formula is C22H23F3N4O. The predicted octanol–water partition coefficient (Wildman–Crippen LogP) is 3.97. The standard InChI is InChI=1S/C22H23F3N4O/c23-22(24,25)20-16(8-9-29-19(10-14-6-7-14)27-28-21(20)29)11-26-18-13-30-12-17(18)15-4-2-1-3-5-15/h1-5,8-9,14,17-18,26H,6-7,10-13H2. The number of pyridine rings is 1. The van der Waals surface area contributed by atoms with Crippen LogP contribution in [0.2, 0.25) is 0 Å². The number of aromatic nitrogens is 3. The molecule has 1 aliphatic heterocycles. The maximum atomic E-state index is 14.0. The van der Waals surface area contributed by atoms with Crippen molar-refractivity contribution in [1.82, 2.24) is 19.9 Å². The number of ether oxygens (including phenoxy) is 1. The lowest BCUT2D eigenvalue weighted by Crippen LogP contribution is -2.34. The van der Waals surface area contributed by atoms with Crippen molar-refractivity contribution in [2.24, 2.45) is 5.92 Å². The molecule has 5 nitrogen and oxygen atoms in total. The van der Waals surface area contributed by atoms with Gasteiger partial charge in [0.1, 0.15) is 11.4 Å². The van der Waals surface area contributed by atoms with Crippen LogP contribution >= 0.6 is 0 Å². The number of benzene rings is 1. The van der Waals surface area contributed by atoms with Crippen molar-refractivity contribution in [3.8, 4) is 0 Å². The molecule has 158 valence electrons. The Hall–Kier alpha value is -2.45. The molecule has 2 aromatic heterocycles. The Labute approximate surface area is 172 Å². The van der Waals surface area contributed by atoms with Crippen LogP contribution in [0.4, 0.5) is 13.2 Å². The van der Waals surface area contributed by atoms with Gasteiger partial charge in [-0.15, -0.1) is 10.2 Å². The summed E-state index contributed by atoms with van der Waals surface area (Å²) in [4.78, 5) is 0. The van der Waals surface area contributed by atoms with Crippen molar-refractivity contribution in [1.29, 1.82) is 0 Å². The Morgan fingerprint density at radius 2 is 1.87 bits per heavy atom. The van der Waals surface area contributed by atoms with Gasteiger partial charge < -0.3 is 10.1 Å². The van der Waals surface area contributed by atoms with Crippen LogP contribution in [0, 0.1) is 5.92 Å². The lowest BCUT2D eigenvalue weighted by atomic mass is 9.94. The van der Waals surface area contributed by atoms with Crippen LogP contribution in [-0.2, 0) is 23.9 Å². The van der Waals surface area contributed by atoms with Crippen molar-refractivity contribution >= 4 is 5.65 Å². The van der Waals surface area contributed by atoms with E-state index in [0.717, 1.165) is 18.4 Å². The van der Waals surface area contributed by atoms with Gasteiger partial charge in [0.2, 0.25) is 0 Å². The van der Waals surface area contributed by atoms with Crippen LogP contribution in [0.15, 0.2) is 42.6 Å². The first-order chi connectivity index (χ1) is 14.5. The van der Waals surface area contributed by atoms with Crippen LogP contribution in [0.5, 0.6) is 0 Å². The molecule has 2 unspecified atom stereocenters. The molecular weight excluding hydrogens is 393 g/mol. The molecule has 0 amide bonds. The molecule has 5 rings (SSSR count). The second-order valence-corrected chi connectivity index (χ2v) is 8.21. The van der Waals surface area contributed by atoms with Gasteiger partial charge in [-0.3, -0.25) is 4.40 Å². The second-order valence-electron chi connectivity index (χ2n) is 8.21. The lowest BCUT2D eigenvalue weighted by Gasteiger charge is -2.21. The van der Waals surface area contributed by atoms with E-state index in [4.69, 9.17) is 4.74 Å². The first-order valence-corrected chi connectivity index (χ1v) is 10.3. The van der Waals surface area contributed by atoms with E-state index in [-0.39, 0.29) is 29.7 Å². The predicted molar refractivity (Wildman–Crippen MR) is 105 cm³/mol. The number of nitrogens with one attached hydrogen (secondary N) is 1. The topological polar surface area (TPSA) is 51.5 Å². The molecule has 3 aromatic rings. The fourth-order valence-electron chi connectivity index (χ4n) is 4.24. The van der Waals surface area contributed by atoms with Crippen molar-refractivity contribution in [2.75, 3.05) is 13.2 Å². The number of hydrogen-bond donors (Lipinski definition) is 1. The Kier molecular flexibility index (Phi) is 4.99. The SMILES string of the molecule is FC(F)(F)c1c(CNC2COCC2c2ccccc2)ccn2c(CC3CC3)nnc12. The van der Waals surface area contributed by atoms with Gasteiger partial charge in [-0.25, -0.2) is 0 Å². The van der Waals surface area contributed by atoms with E-state index in [1.165, 1.54) is 10.5 Å². The van der Waals surface area contributed by atoms with Crippen molar-refractivity contribution < 1.29 is 17.9 Å². The fraction of sp³-hybridized carbons (Fsp3) is 0.455. The van der Waals surface area contributed by atoms with Crippen LogP contribution in [-0.4, -0.2) is 33.9 Å². The first kappa shape index (κ1) is 19.5. The molecule has 30 heavy (non-hydrogen) atoms. The van der Waals surface area contributed by atoms with E-state index in [2.05, 4.69) is 15.5 Å². The van der Waals surface area contributed by atoms with Gasteiger partial charge in [-0.2, -0.15) is 13.2 Å². The van der Waals surface area contributed by atoms with E-state index in [1.54, 1.807) is 6.20 Å². The van der Waals surface area contributed by atoms with E-state index in [1.807, 2.05) is 30.3 Å². The minimum absolute atomic E-state index is 0.0481. The average molecular weight is 416 g/mol. The van der Waals surface area contributed by atoms with E-state index < -0.39 is 11.7 Å². The normalized spacial score (nSPS) is 22.1. The van der Waals surface area contributed by atoms with Crippen LogP contribution in [0.3, 0.4) is 0 Å². The molecule has 8 heteroatoms. The maximum Gasteiger partial charge on any atom is 0.420 e. The zero-order valence-electron chi connectivity index (χ0n) is 16.4. The zero-order valence-corrected chi connectivity index (χ0v) is 16.4. The number of alkyl halides is 3. The number of hydrogen-bond acceptors (Lipinski definition) is 4. The Morgan fingerprint density at radius 3 is 2.60 bits per heavy atom. The molecule has 3 heterocycles. The summed E-state index contributed by atoms with van der Waals surface area (Å²) >= 11 is 0. The molecule has 1 N–H and O–H groups in total. The minimum atomic E-state index is -4.51. The van der Waals surface area contributed by atoms with Crippen molar-refractivity contribution in [3.63, 3.8) is 0 Å². The van der Waals surface area contributed by atoms with Gasteiger partial charge in [-0.1, -0.05) is 30.3 Å². The molecule has 1 saturated carbocycles. The molecule has 2 aliphatic rings. The highest BCUT2D eigenvalue weighted by Gasteiger charge is 2.38. The molecule has 1 aromatic carbocycles. The molecule has 0 bridgehead atoms. The third-order valence-corrected chi connectivity index (χ3v) is 6.05. The van der Waals surface area contributed by atoms with Gasteiger partial charge >= 0.3 is 6.18 Å². The number of halogens is 3. The highest BCUT2D eigenvalue weighted by atomic mass is 19.4. The molecule has 0 radical (unpaired) electrons. The van der Waals surface area contributed by atoms with Gasteiger partial charge in [0, 0.05) is 31.1 Å².